The number of carboxylic acid groups (broad SMARTS) is 1. The van der Waals surface area contributed by atoms with Crippen molar-refractivity contribution in [2.24, 2.45) is 0 Å². The molecule has 0 bridgehead atoms. The Balaban J connectivity index is 1.85. The van der Waals surface area contributed by atoms with Gasteiger partial charge in [-0.25, -0.2) is 4.79 Å². The van der Waals surface area contributed by atoms with Gasteiger partial charge in [-0.15, -0.1) is 11.8 Å². The highest BCUT2D eigenvalue weighted by molar-refractivity contribution is 7.99. The van der Waals surface area contributed by atoms with Crippen LogP contribution in [-0.4, -0.2) is 33.4 Å². The normalized spacial score (nSPS) is 17.2. The van der Waals surface area contributed by atoms with Crippen molar-refractivity contribution in [3.8, 4) is 0 Å². The summed E-state index contributed by atoms with van der Waals surface area (Å²) in [6.07, 6.45) is 3.76. The quantitative estimate of drug-likeness (QED) is 0.834. The number of carboxylic acids is 1. The summed E-state index contributed by atoms with van der Waals surface area (Å²) in [4.78, 5) is 23.6. The van der Waals surface area contributed by atoms with Gasteiger partial charge in [0, 0.05) is 11.3 Å². The van der Waals surface area contributed by atoms with Gasteiger partial charge in [0.05, 0.1) is 11.4 Å². The molecule has 22 heavy (non-hydrogen) atoms. The summed E-state index contributed by atoms with van der Waals surface area (Å²) in [5.41, 5.74) is 0.766. The number of aryl methyl sites for hydroxylation is 2. The van der Waals surface area contributed by atoms with Crippen LogP contribution in [0.1, 0.15) is 49.1 Å². The lowest BCUT2D eigenvalue weighted by Crippen LogP contribution is -2.56. The molecule has 0 unspecified atom stereocenters. The molecule has 122 valence electrons. The van der Waals surface area contributed by atoms with Crippen molar-refractivity contribution in [2.45, 2.75) is 57.2 Å². The van der Waals surface area contributed by atoms with Gasteiger partial charge in [-0.3, -0.25) is 4.79 Å². The number of rotatable bonds is 6. The highest BCUT2D eigenvalue weighted by Gasteiger charge is 2.40. The number of hydrogen-bond acceptors (Lipinski definition) is 5. The highest BCUT2D eigenvalue weighted by Crippen LogP contribution is 2.28. The predicted octanol–water partition coefficient (Wildman–Crippen LogP) is 2.43. The second-order valence-electron chi connectivity index (χ2n) is 5.79. The van der Waals surface area contributed by atoms with E-state index in [1.165, 1.54) is 11.8 Å². The Morgan fingerprint density at radius 3 is 2.55 bits per heavy atom. The van der Waals surface area contributed by atoms with Crippen LogP contribution >= 0.6 is 11.8 Å². The van der Waals surface area contributed by atoms with E-state index in [9.17, 15) is 14.7 Å². The topological polar surface area (TPSA) is 92.4 Å². The number of thioether (sulfide) groups is 1. The lowest BCUT2D eigenvalue weighted by atomic mass is 9.81. The predicted molar refractivity (Wildman–Crippen MR) is 83.7 cm³/mol. The number of aliphatic carboxylic acids is 1. The van der Waals surface area contributed by atoms with Crippen LogP contribution in [0.2, 0.25) is 0 Å². The minimum atomic E-state index is -1.07. The number of aromatic nitrogens is 1. The van der Waals surface area contributed by atoms with Crippen molar-refractivity contribution in [2.75, 3.05) is 5.75 Å². The van der Waals surface area contributed by atoms with E-state index < -0.39 is 11.5 Å². The summed E-state index contributed by atoms with van der Waals surface area (Å²) in [5, 5.41) is 16.1. The van der Waals surface area contributed by atoms with E-state index >= 15 is 0 Å². The Labute approximate surface area is 134 Å². The van der Waals surface area contributed by atoms with Crippen LogP contribution in [0, 0.1) is 13.8 Å². The third-order valence-corrected chi connectivity index (χ3v) is 5.12. The molecule has 6 nitrogen and oxygen atoms in total. The van der Waals surface area contributed by atoms with E-state index in [1.807, 2.05) is 13.8 Å². The van der Waals surface area contributed by atoms with Crippen molar-refractivity contribution in [1.29, 1.82) is 0 Å². The Morgan fingerprint density at radius 1 is 1.32 bits per heavy atom. The maximum absolute atomic E-state index is 12.1. The fraction of sp³-hybridized carbons (Fsp3) is 0.667. The van der Waals surface area contributed by atoms with Gasteiger partial charge in [-0.2, -0.15) is 0 Å². The summed E-state index contributed by atoms with van der Waals surface area (Å²) in [5.74, 6) is 0.491. The number of nitrogens with zero attached hydrogens (tertiary/aromatic N) is 1. The maximum Gasteiger partial charge on any atom is 0.329 e. The lowest BCUT2D eigenvalue weighted by molar-refractivity contribution is -0.148. The third kappa shape index (κ3) is 3.82. The zero-order valence-corrected chi connectivity index (χ0v) is 13.8. The fourth-order valence-corrected chi connectivity index (χ4v) is 3.78. The molecular formula is C15H22N2O4S. The van der Waals surface area contributed by atoms with Crippen LogP contribution in [0.3, 0.4) is 0 Å². The first-order chi connectivity index (χ1) is 10.4. The van der Waals surface area contributed by atoms with Crippen LogP contribution in [0.15, 0.2) is 4.52 Å². The van der Waals surface area contributed by atoms with Crippen molar-refractivity contribution in [1.82, 2.24) is 10.5 Å². The number of carbonyl (C=O) groups excluding carboxylic acids is 1. The minimum Gasteiger partial charge on any atom is -0.480 e. The molecular weight excluding hydrogens is 304 g/mol. The van der Waals surface area contributed by atoms with Gasteiger partial charge in [0.15, 0.2) is 0 Å². The molecule has 0 atom stereocenters. The van der Waals surface area contributed by atoms with Gasteiger partial charge in [0.25, 0.3) is 0 Å². The number of carbonyl (C=O) groups is 2. The van der Waals surface area contributed by atoms with E-state index in [-0.39, 0.29) is 11.7 Å². The van der Waals surface area contributed by atoms with Gasteiger partial charge < -0.3 is 14.9 Å². The smallest absolute Gasteiger partial charge is 0.329 e. The molecule has 1 aromatic heterocycles. The highest BCUT2D eigenvalue weighted by atomic mass is 32.2. The molecule has 2 rings (SSSR count). The Kier molecular flexibility index (Phi) is 5.50. The van der Waals surface area contributed by atoms with Crippen molar-refractivity contribution >= 4 is 23.6 Å². The largest absolute Gasteiger partial charge is 0.480 e. The summed E-state index contributed by atoms with van der Waals surface area (Å²) in [7, 11) is 0. The van der Waals surface area contributed by atoms with Crippen LogP contribution in [-0.2, 0) is 15.3 Å². The van der Waals surface area contributed by atoms with Gasteiger partial charge in [-0.1, -0.05) is 24.4 Å². The first kappa shape index (κ1) is 16.9. The molecule has 0 saturated heterocycles. The van der Waals surface area contributed by atoms with E-state index in [4.69, 9.17) is 4.52 Å². The summed E-state index contributed by atoms with van der Waals surface area (Å²) >= 11 is 1.44. The van der Waals surface area contributed by atoms with Gasteiger partial charge >= 0.3 is 5.97 Å². The molecule has 7 heteroatoms. The molecule has 0 aromatic carbocycles. The fourth-order valence-electron chi connectivity index (χ4n) is 2.80. The molecule has 0 spiro atoms. The molecule has 2 N–H and O–H groups in total. The van der Waals surface area contributed by atoms with E-state index in [0.717, 1.165) is 36.3 Å². The third-order valence-electron chi connectivity index (χ3n) is 4.16. The van der Waals surface area contributed by atoms with Crippen LogP contribution in [0.5, 0.6) is 0 Å². The molecule has 1 amide bonds. The average Bonchev–Trinajstić information content (AvgIpc) is 2.80. The molecule has 0 radical (unpaired) electrons. The van der Waals surface area contributed by atoms with Gasteiger partial charge in [-0.05, 0) is 26.7 Å². The molecule has 1 aliphatic rings. The molecule has 1 saturated carbocycles. The number of hydrogen-bond donors (Lipinski definition) is 2. The maximum atomic E-state index is 12.1. The molecule has 0 aliphatic heterocycles. The Hall–Kier alpha value is -1.50. The standard InChI is InChI=1S/C15H22N2O4S/c1-10-12(11(2)21-17-10)8-22-9-13(18)16-15(14(19)20)6-4-3-5-7-15/h3-9H2,1-2H3,(H,16,18)(H,19,20). The molecule has 1 fully saturated rings. The van der Waals surface area contributed by atoms with E-state index in [1.54, 1.807) is 0 Å². The van der Waals surface area contributed by atoms with Crippen molar-refractivity contribution in [3.05, 3.63) is 17.0 Å². The van der Waals surface area contributed by atoms with Crippen LogP contribution < -0.4 is 5.32 Å². The molecule has 1 aliphatic carbocycles. The van der Waals surface area contributed by atoms with E-state index in [0.29, 0.717) is 18.6 Å². The second-order valence-corrected chi connectivity index (χ2v) is 6.78. The zero-order valence-electron chi connectivity index (χ0n) is 13.0. The minimum absolute atomic E-state index is 0.221. The monoisotopic (exact) mass is 326 g/mol. The average molecular weight is 326 g/mol. The number of nitrogens with one attached hydrogen (secondary N) is 1. The first-order valence-corrected chi connectivity index (χ1v) is 8.64. The van der Waals surface area contributed by atoms with Crippen LogP contribution in [0.25, 0.3) is 0 Å². The first-order valence-electron chi connectivity index (χ1n) is 7.48. The Bertz CT molecular complexity index is 530. The van der Waals surface area contributed by atoms with Crippen LogP contribution in [0.4, 0.5) is 0 Å². The van der Waals surface area contributed by atoms with Gasteiger partial charge in [0.1, 0.15) is 11.3 Å². The molecule has 1 aromatic rings. The summed E-state index contributed by atoms with van der Waals surface area (Å²) in [6, 6.07) is 0. The summed E-state index contributed by atoms with van der Waals surface area (Å²) in [6.45, 7) is 3.71. The lowest BCUT2D eigenvalue weighted by Gasteiger charge is -2.33. The van der Waals surface area contributed by atoms with Crippen molar-refractivity contribution in [3.63, 3.8) is 0 Å². The number of amides is 1. The SMILES string of the molecule is Cc1noc(C)c1CSCC(=O)NC1(C(=O)O)CCCCC1. The zero-order chi connectivity index (χ0) is 16.2. The van der Waals surface area contributed by atoms with E-state index in [2.05, 4.69) is 10.5 Å². The summed E-state index contributed by atoms with van der Waals surface area (Å²) < 4.78 is 5.08. The Morgan fingerprint density at radius 2 is 2.00 bits per heavy atom. The van der Waals surface area contributed by atoms with Gasteiger partial charge in [0.2, 0.25) is 5.91 Å². The second kappa shape index (κ2) is 7.17. The molecule has 1 heterocycles. The van der Waals surface area contributed by atoms with Crippen molar-refractivity contribution < 1.29 is 19.2 Å².